The normalized spacial score (nSPS) is 20.0. The standard InChI is InChI=1S/C15H24N2O/c1-11(2)13-8-7-12(15-6-5-9-18-15)14(16-13)10-17(3)4/h7-8,11,15H,5-6,9-10H2,1-4H3/t15-/m0/s1. The number of hydrogen-bond acceptors (Lipinski definition) is 3. The van der Waals surface area contributed by atoms with Crippen molar-refractivity contribution in [1.82, 2.24) is 9.88 Å². The predicted molar refractivity (Wildman–Crippen MR) is 73.6 cm³/mol. The van der Waals surface area contributed by atoms with Gasteiger partial charge in [-0.25, -0.2) is 0 Å². The van der Waals surface area contributed by atoms with Crippen molar-refractivity contribution in [2.75, 3.05) is 20.7 Å². The van der Waals surface area contributed by atoms with Crippen molar-refractivity contribution >= 4 is 0 Å². The average molecular weight is 248 g/mol. The van der Waals surface area contributed by atoms with E-state index in [0.29, 0.717) is 5.92 Å². The lowest BCUT2D eigenvalue weighted by Crippen LogP contribution is -2.16. The summed E-state index contributed by atoms with van der Waals surface area (Å²) in [6.45, 7) is 6.15. The molecule has 2 heterocycles. The van der Waals surface area contributed by atoms with Gasteiger partial charge < -0.3 is 9.64 Å². The van der Waals surface area contributed by atoms with E-state index in [1.54, 1.807) is 0 Å². The van der Waals surface area contributed by atoms with Crippen LogP contribution in [0.4, 0.5) is 0 Å². The molecule has 18 heavy (non-hydrogen) atoms. The van der Waals surface area contributed by atoms with Gasteiger partial charge in [-0.05, 0) is 38.9 Å². The van der Waals surface area contributed by atoms with Crippen molar-refractivity contribution in [1.29, 1.82) is 0 Å². The zero-order chi connectivity index (χ0) is 13.1. The molecule has 1 aromatic heterocycles. The Kier molecular flexibility index (Phi) is 4.36. The SMILES string of the molecule is CC(C)c1ccc([C@@H]2CCCO2)c(CN(C)C)n1. The number of pyridine rings is 1. The fourth-order valence-corrected chi connectivity index (χ4v) is 2.39. The maximum absolute atomic E-state index is 5.80. The Morgan fingerprint density at radius 2 is 2.17 bits per heavy atom. The second kappa shape index (κ2) is 5.81. The fraction of sp³-hybridized carbons (Fsp3) is 0.667. The molecular formula is C15H24N2O. The third kappa shape index (κ3) is 3.09. The molecule has 0 N–H and O–H groups in total. The third-order valence-corrected chi connectivity index (χ3v) is 3.37. The molecular weight excluding hydrogens is 224 g/mol. The third-order valence-electron chi connectivity index (χ3n) is 3.37. The lowest BCUT2D eigenvalue weighted by atomic mass is 10.0. The fourth-order valence-electron chi connectivity index (χ4n) is 2.39. The van der Waals surface area contributed by atoms with Crippen LogP contribution in [-0.2, 0) is 11.3 Å². The summed E-state index contributed by atoms with van der Waals surface area (Å²) in [5, 5.41) is 0. The lowest BCUT2D eigenvalue weighted by Gasteiger charge is -2.19. The molecule has 1 saturated heterocycles. The second-order valence-electron chi connectivity index (χ2n) is 5.67. The predicted octanol–water partition coefficient (Wildman–Crippen LogP) is 3.12. The van der Waals surface area contributed by atoms with E-state index in [9.17, 15) is 0 Å². The van der Waals surface area contributed by atoms with E-state index >= 15 is 0 Å². The Labute approximate surface area is 110 Å². The van der Waals surface area contributed by atoms with Crippen molar-refractivity contribution < 1.29 is 4.74 Å². The Morgan fingerprint density at radius 3 is 2.72 bits per heavy atom. The molecule has 0 aliphatic carbocycles. The first-order valence-corrected chi connectivity index (χ1v) is 6.84. The van der Waals surface area contributed by atoms with Crippen LogP contribution in [0.25, 0.3) is 0 Å². The van der Waals surface area contributed by atoms with Gasteiger partial charge in [0, 0.05) is 24.4 Å². The van der Waals surface area contributed by atoms with E-state index in [0.717, 1.165) is 26.0 Å². The summed E-state index contributed by atoms with van der Waals surface area (Å²) in [4.78, 5) is 7.01. The maximum Gasteiger partial charge on any atom is 0.0843 e. The number of nitrogens with zero attached hydrogens (tertiary/aromatic N) is 2. The van der Waals surface area contributed by atoms with Gasteiger partial charge in [0.05, 0.1) is 11.8 Å². The van der Waals surface area contributed by atoms with Crippen LogP contribution in [0.15, 0.2) is 12.1 Å². The Balaban J connectivity index is 2.31. The van der Waals surface area contributed by atoms with Crippen LogP contribution in [0.5, 0.6) is 0 Å². The highest BCUT2D eigenvalue weighted by Crippen LogP contribution is 2.31. The monoisotopic (exact) mass is 248 g/mol. The highest BCUT2D eigenvalue weighted by molar-refractivity contribution is 5.27. The first-order valence-electron chi connectivity index (χ1n) is 6.84. The zero-order valence-corrected chi connectivity index (χ0v) is 11.9. The smallest absolute Gasteiger partial charge is 0.0843 e. The molecule has 1 aliphatic rings. The van der Waals surface area contributed by atoms with E-state index in [2.05, 4.69) is 45.0 Å². The molecule has 3 heteroatoms. The minimum atomic E-state index is 0.258. The topological polar surface area (TPSA) is 25.4 Å². The Bertz CT molecular complexity index is 395. The largest absolute Gasteiger partial charge is 0.373 e. The molecule has 0 radical (unpaired) electrons. The van der Waals surface area contributed by atoms with Crippen molar-refractivity contribution in [3.8, 4) is 0 Å². The lowest BCUT2D eigenvalue weighted by molar-refractivity contribution is 0.110. The summed E-state index contributed by atoms with van der Waals surface area (Å²) in [7, 11) is 4.17. The summed E-state index contributed by atoms with van der Waals surface area (Å²) < 4.78 is 5.80. The van der Waals surface area contributed by atoms with Crippen LogP contribution in [0.3, 0.4) is 0 Å². The van der Waals surface area contributed by atoms with E-state index < -0.39 is 0 Å². The Hall–Kier alpha value is -0.930. The second-order valence-corrected chi connectivity index (χ2v) is 5.67. The van der Waals surface area contributed by atoms with Gasteiger partial charge in [0.1, 0.15) is 0 Å². The van der Waals surface area contributed by atoms with E-state index in [1.165, 1.54) is 17.0 Å². The van der Waals surface area contributed by atoms with Gasteiger partial charge >= 0.3 is 0 Å². The first-order chi connectivity index (χ1) is 8.58. The van der Waals surface area contributed by atoms with Gasteiger partial charge in [-0.3, -0.25) is 4.98 Å². The molecule has 100 valence electrons. The number of rotatable bonds is 4. The average Bonchev–Trinajstić information content (AvgIpc) is 2.81. The Morgan fingerprint density at radius 1 is 1.39 bits per heavy atom. The molecule has 1 atom stereocenters. The van der Waals surface area contributed by atoms with Crippen LogP contribution in [0.1, 0.15) is 55.7 Å². The summed E-state index contributed by atoms with van der Waals surface area (Å²) in [5.74, 6) is 0.476. The number of ether oxygens (including phenoxy) is 1. The molecule has 0 unspecified atom stereocenters. The highest BCUT2D eigenvalue weighted by Gasteiger charge is 2.22. The van der Waals surface area contributed by atoms with Crippen LogP contribution >= 0.6 is 0 Å². The van der Waals surface area contributed by atoms with Crippen LogP contribution in [0, 0.1) is 0 Å². The van der Waals surface area contributed by atoms with Crippen LogP contribution in [-0.4, -0.2) is 30.6 Å². The van der Waals surface area contributed by atoms with Crippen molar-refractivity contribution in [2.45, 2.75) is 45.3 Å². The van der Waals surface area contributed by atoms with Gasteiger partial charge in [0.25, 0.3) is 0 Å². The summed E-state index contributed by atoms with van der Waals surface area (Å²) >= 11 is 0. The first kappa shape index (κ1) is 13.5. The minimum absolute atomic E-state index is 0.258. The molecule has 0 amide bonds. The van der Waals surface area contributed by atoms with Crippen molar-refractivity contribution in [3.63, 3.8) is 0 Å². The molecule has 1 aromatic rings. The molecule has 1 fully saturated rings. The molecule has 3 nitrogen and oxygen atoms in total. The van der Waals surface area contributed by atoms with Gasteiger partial charge in [-0.1, -0.05) is 19.9 Å². The molecule has 0 saturated carbocycles. The summed E-state index contributed by atoms with van der Waals surface area (Å²) in [5.41, 5.74) is 3.64. The van der Waals surface area contributed by atoms with Gasteiger partial charge in [0.15, 0.2) is 0 Å². The van der Waals surface area contributed by atoms with Gasteiger partial charge in [-0.2, -0.15) is 0 Å². The summed E-state index contributed by atoms with van der Waals surface area (Å²) in [6.07, 6.45) is 2.55. The number of hydrogen-bond donors (Lipinski definition) is 0. The molecule has 2 rings (SSSR count). The summed E-state index contributed by atoms with van der Waals surface area (Å²) in [6, 6.07) is 4.37. The molecule has 0 bridgehead atoms. The zero-order valence-electron chi connectivity index (χ0n) is 11.9. The molecule has 1 aliphatic heterocycles. The molecule has 0 aromatic carbocycles. The maximum atomic E-state index is 5.80. The van der Waals surface area contributed by atoms with Crippen LogP contribution in [0.2, 0.25) is 0 Å². The van der Waals surface area contributed by atoms with Crippen molar-refractivity contribution in [2.24, 2.45) is 0 Å². The highest BCUT2D eigenvalue weighted by atomic mass is 16.5. The number of aromatic nitrogens is 1. The minimum Gasteiger partial charge on any atom is -0.373 e. The van der Waals surface area contributed by atoms with Gasteiger partial charge in [-0.15, -0.1) is 0 Å². The van der Waals surface area contributed by atoms with E-state index in [1.807, 2.05) is 0 Å². The van der Waals surface area contributed by atoms with Crippen LogP contribution < -0.4 is 0 Å². The van der Waals surface area contributed by atoms with Crippen molar-refractivity contribution in [3.05, 3.63) is 29.1 Å². The quantitative estimate of drug-likeness (QED) is 0.818. The van der Waals surface area contributed by atoms with Gasteiger partial charge in [0.2, 0.25) is 0 Å². The van der Waals surface area contributed by atoms with E-state index in [-0.39, 0.29) is 6.10 Å². The van der Waals surface area contributed by atoms with E-state index in [4.69, 9.17) is 9.72 Å². The molecule has 0 spiro atoms.